The van der Waals surface area contributed by atoms with E-state index in [-0.39, 0.29) is 6.29 Å². The second kappa shape index (κ2) is 4.35. The van der Waals surface area contributed by atoms with E-state index in [1.165, 1.54) is 0 Å². The summed E-state index contributed by atoms with van der Waals surface area (Å²) >= 11 is 0. The Morgan fingerprint density at radius 2 is 1.80 bits per heavy atom. The van der Waals surface area contributed by atoms with Gasteiger partial charge in [0.05, 0.1) is 6.61 Å². The summed E-state index contributed by atoms with van der Waals surface area (Å²) in [4.78, 5) is 9.76. The Bertz CT molecular complexity index is 104. The predicted octanol–water partition coefficient (Wildman–Crippen LogP) is -2.74. The monoisotopic (exact) mass is 151 g/mol. The average molecular weight is 151 g/mol. The van der Waals surface area contributed by atoms with Crippen LogP contribution in [0.15, 0.2) is 0 Å². The topological polar surface area (TPSA) is 98.0 Å². The largest absolute Gasteiger partial charge is 0.394 e. The van der Waals surface area contributed by atoms with E-state index in [9.17, 15) is 4.79 Å². The molecular formula is C5H10O5. The summed E-state index contributed by atoms with van der Waals surface area (Å²) in [5.41, 5.74) is 0. The minimum absolute atomic E-state index is 0.0869. The summed E-state index contributed by atoms with van der Waals surface area (Å²) in [7, 11) is 0. The first-order valence-electron chi connectivity index (χ1n) is 2.73. The van der Waals surface area contributed by atoms with Gasteiger partial charge in [0.15, 0.2) is 6.29 Å². The third kappa shape index (κ3) is 2.40. The van der Waals surface area contributed by atoms with Crippen LogP contribution in [0, 0.1) is 0 Å². The summed E-state index contributed by atoms with van der Waals surface area (Å²) in [6.07, 6.45) is -4.63. The van der Waals surface area contributed by atoms with Crippen LogP contribution in [0.3, 0.4) is 0 Å². The zero-order valence-corrected chi connectivity index (χ0v) is 5.21. The van der Waals surface area contributed by atoms with Crippen LogP contribution in [0.25, 0.3) is 0 Å². The maximum absolute atomic E-state index is 9.76. The number of aliphatic hydroxyl groups is 4. The van der Waals surface area contributed by atoms with Gasteiger partial charge < -0.3 is 25.2 Å². The minimum Gasteiger partial charge on any atom is -0.394 e. The Kier molecular flexibility index (Phi) is 4.13. The molecule has 4 N–H and O–H groups in total. The van der Waals surface area contributed by atoms with Crippen molar-refractivity contribution in [1.82, 2.24) is 0 Å². The zero-order valence-electron chi connectivity index (χ0n) is 5.21. The lowest BCUT2D eigenvalue weighted by molar-refractivity contribution is -0.127. The number of rotatable bonds is 4. The van der Waals surface area contributed by atoms with Crippen molar-refractivity contribution in [2.75, 3.05) is 6.61 Å². The third-order valence-corrected chi connectivity index (χ3v) is 1.07. The molecule has 0 unspecified atom stereocenters. The summed E-state index contributed by atoms with van der Waals surface area (Å²) in [6, 6.07) is 0. The molecule has 0 spiro atoms. The average Bonchev–Trinajstić information content (AvgIpc) is 2.00. The summed E-state index contributed by atoms with van der Waals surface area (Å²) in [5, 5.41) is 34.1. The van der Waals surface area contributed by atoms with Gasteiger partial charge in [-0.2, -0.15) is 0 Å². The Morgan fingerprint density at radius 1 is 1.30 bits per heavy atom. The highest BCUT2D eigenvalue weighted by molar-refractivity contribution is 5.56. The molecule has 0 fully saturated rings. The molecule has 0 aliphatic heterocycles. The predicted molar refractivity (Wildman–Crippen MR) is 31.2 cm³/mol. The highest BCUT2D eigenvalue weighted by Gasteiger charge is 2.22. The Morgan fingerprint density at radius 3 is 2.10 bits per heavy atom. The molecule has 10 heavy (non-hydrogen) atoms. The van der Waals surface area contributed by atoms with Crippen molar-refractivity contribution in [3.05, 3.63) is 0 Å². The second-order valence-electron chi connectivity index (χ2n) is 1.87. The van der Waals surface area contributed by atoms with Gasteiger partial charge in [0.1, 0.15) is 18.3 Å². The SMILES string of the molecule is O=C[C@H](O)[C@@H](O)[C@H](O)[13CH2]O. The Hall–Kier alpha value is -0.490. The molecule has 0 saturated carbocycles. The molecule has 5 heteroatoms. The normalized spacial score (nSPS) is 19.6. The standard InChI is InChI=1S/C5H10O5/c6-1-3(8)5(10)4(9)2-7/h1,3-5,7-10H,2H2/t3-,4+,5+/m0/s1/i2+1. The molecule has 0 aromatic rings. The first-order chi connectivity index (χ1) is 4.63. The zero-order chi connectivity index (χ0) is 8.15. The molecular weight excluding hydrogens is 141 g/mol. The number of carbonyl (C=O) groups is 1. The van der Waals surface area contributed by atoms with E-state index >= 15 is 0 Å². The second-order valence-corrected chi connectivity index (χ2v) is 1.87. The van der Waals surface area contributed by atoms with Crippen LogP contribution in [0.5, 0.6) is 0 Å². The van der Waals surface area contributed by atoms with Gasteiger partial charge in [-0.05, 0) is 0 Å². The van der Waals surface area contributed by atoms with E-state index in [2.05, 4.69) is 0 Å². The van der Waals surface area contributed by atoms with E-state index in [0.717, 1.165) is 0 Å². The van der Waals surface area contributed by atoms with Crippen LogP contribution in [0.4, 0.5) is 0 Å². The molecule has 5 nitrogen and oxygen atoms in total. The quantitative estimate of drug-likeness (QED) is 0.258. The molecule has 0 aliphatic carbocycles. The van der Waals surface area contributed by atoms with E-state index in [4.69, 9.17) is 20.4 Å². The molecule has 0 aliphatic rings. The minimum atomic E-state index is -1.64. The van der Waals surface area contributed by atoms with Crippen molar-refractivity contribution in [1.29, 1.82) is 0 Å². The first kappa shape index (κ1) is 9.51. The van der Waals surface area contributed by atoms with E-state index in [0.29, 0.717) is 0 Å². The molecule has 0 saturated heterocycles. The van der Waals surface area contributed by atoms with Gasteiger partial charge in [-0.15, -0.1) is 0 Å². The molecule has 0 amide bonds. The smallest absolute Gasteiger partial charge is 0.151 e. The maximum atomic E-state index is 9.76. The van der Waals surface area contributed by atoms with Gasteiger partial charge in [-0.3, -0.25) is 0 Å². The summed E-state index contributed by atoms with van der Waals surface area (Å²) in [5.74, 6) is 0. The van der Waals surface area contributed by atoms with Gasteiger partial charge in [0.25, 0.3) is 0 Å². The number of hydrogen-bond donors (Lipinski definition) is 4. The lowest BCUT2D eigenvalue weighted by Crippen LogP contribution is -2.40. The molecule has 0 rings (SSSR count). The fourth-order valence-corrected chi connectivity index (χ4v) is 0.416. The van der Waals surface area contributed by atoms with Crippen molar-refractivity contribution < 1.29 is 25.2 Å². The number of aliphatic hydroxyl groups excluding tert-OH is 4. The fourth-order valence-electron chi connectivity index (χ4n) is 0.416. The number of aldehydes is 1. The highest BCUT2D eigenvalue weighted by Crippen LogP contribution is 1.96. The van der Waals surface area contributed by atoms with Crippen molar-refractivity contribution in [2.45, 2.75) is 18.3 Å². The van der Waals surface area contributed by atoms with Crippen LogP contribution in [-0.4, -0.2) is 51.6 Å². The van der Waals surface area contributed by atoms with Gasteiger partial charge in [-0.1, -0.05) is 0 Å². The molecule has 0 bridgehead atoms. The van der Waals surface area contributed by atoms with Crippen LogP contribution in [0.2, 0.25) is 0 Å². The van der Waals surface area contributed by atoms with Crippen molar-refractivity contribution in [3.63, 3.8) is 0 Å². The summed E-state index contributed by atoms with van der Waals surface area (Å²) < 4.78 is 0. The molecule has 0 aromatic carbocycles. The molecule has 60 valence electrons. The van der Waals surface area contributed by atoms with Crippen molar-refractivity contribution in [2.24, 2.45) is 0 Å². The van der Waals surface area contributed by atoms with E-state index in [1.54, 1.807) is 0 Å². The number of carbonyl (C=O) groups excluding carboxylic acids is 1. The van der Waals surface area contributed by atoms with Gasteiger partial charge in [-0.25, -0.2) is 0 Å². The van der Waals surface area contributed by atoms with Gasteiger partial charge >= 0.3 is 0 Å². The van der Waals surface area contributed by atoms with Crippen LogP contribution in [-0.2, 0) is 4.79 Å². The van der Waals surface area contributed by atoms with Crippen LogP contribution >= 0.6 is 0 Å². The van der Waals surface area contributed by atoms with Crippen molar-refractivity contribution >= 4 is 6.29 Å². The highest BCUT2D eigenvalue weighted by atomic mass is 16.4. The lowest BCUT2D eigenvalue weighted by Gasteiger charge is -2.16. The lowest BCUT2D eigenvalue weighted by atomic mass is 10.2. The van der Waals surface area contributed by atoms with Gasteiger partial charge in [0.2, 0.25) is 0 Å². The van der Waals surface area contributed by atoms with Crippen molar-refractivity contribution in [3.8, 4) is 0 Å². The maximum Gasteiger partial charge on any atom is 0.151 e. The fraction of sp³-hybridized carbons (Fsp3) is 0.800. The van der Waals surface area contributed by atoms with E-state index in [1.807, 2.05) is 0 Å². The van der Waals surface area contributed by atoms with Gasteiger partial charge in [0, 0.05) is 0 Å². The summed E-state index contributed by atoms with van der Waals surface area (Å²) in [6.45, 7) is -0.688. The molecule has 0 aromatic heterocycles. The number of hydrogen-bond acceptors (Lipinski definition) is 5. The Labute approximate surface area is 57.5 Å². The Balaban J connectivity index is 3.80. The first-order valence-corrected chi connectivity index (χ1v) is 2.73. The van der Waals surface area contributed by atoms with Crippen LogP contribution < -0.4 is 0 Å². The molecule has 0 heterocycles. The van der Waals surface area contributed by atoms with E-state index < -0.39 is 24.9 Å². The third-order valence-electron chi connectivity index (χ3n) is 1.07. The molecule has 3 atom stereocenters. The molecule has 0 radical (unpaired) electrons. The van der Waals surface area contributed by atoms with Crippen LogP contribution in [0.1, 0.15) is 0 Å².